The number of benzene rings is 2. The Morgan fingerprint density at radius 2 is 2.05 bits per heavy atom. The van der Waals surface area contributed by atoms with Gasteiger partial charge in [-0.15, -0.1) is 0 Å². The number of ether oxygens (including phenoxy) is 1. The van der Waals surface area contributed by atoms with Crippen LogP contribution < -0.4 is 0 Å². The van der Waals surface area contributed by atoms with E-state index in [2.05, 4.69) is 4.74 Å². The summed E-state index contributed by atoms with van der Waals surface area (Å²) in [6, 6.07) is 9.77. The van der Waals surface area contributed by atoms with Crippen molar-refractivity contribution in [3.05, 3.63) is 53.3 Å². The minimum atomic E-state index is -0.580. The fourth-order valence-electron chi connectivity index (χ4n) is 1.79. The first-order valence-corrected chi connectivity index (χ1v) is 5.68. The Bertz CT molecular complexity index is 720. The van der Waals surface area contributed by atoms with E-state index in [1.54, 1.807) is 0 Å². The van der Waals surface area contributed by atoms with Crippen molar-refractivity contribution >= 4 is 5.97 Å². The standard InChI is InChI=1S/C15H10FNO3/c1-20-15(19)10-4-5-13(16)12(6-10)9-2-3-11(8-17)14(18)7-9/h2-7,18H,1H3. The zero-order valence-corrected chi connectivity index (χ0v) is 10.6. The highest BCUT2D eigenvalue weighted by Crippen LogP contribution is 2.29. The molecule has 2 aromatic rings. The van der Waals surface area contributed by atoms with Crippen LogP contribution in [0.1, 0.15) is 15.9 Å². The predicted octanol–water partition coefficient (Wildman–Crippen LogP) is 2.86. The summed E-state index contributed by atoms with van der Waals surface area (Å²) in [6.07, 6.45) is 0. The van der Waals surface area contributed by atoms with Crippen molar-refractivity contribution in [3.8, 4) is 22.9 Å². The van der Waals surface area contributed by atoms with E-state index in [4.69, 9.17) is 5.26 Å². The molecule has 0 saturated heterocycles. The summed E-state index contributed by atoms with van der Waals surface area (Å²) in [5.41, 5.74) is 0.809. The number of phenolic OH excluding ortho intramolecular Hbond substituents is 1. The van der Waals surface area contributed by atoms with Crippen LogP contribution in [0.3, 0.4) is 0 Å². The number of halogens is 1. The number of nitriles is 1. The number of rotatable bonds is 2. The van der Waals surface area contributed by atoms with Crippen LogP contribution in [0.15, 0.2) is 36.4 Å². The van der Waals surface area contributed by atoms with Gasteiger partial charge in [0.05, 0.1) is 18.2 Å². The highest BCUT2D eigenvalue weighted by Gasteiger charge is 2.12. The van der Waals surface area contributed by atoms with Crippen molar-refractivity contribution in [2.24, 2.45) is 0 Å². The first-order valence-electron chi connectivity index (χ1n) is 5.68. The summed E-state index contributed by atoms with van der Waals surface area (Å²) in [4.78, 5) is 11.4. The first-order chi connectivity index (χ1) is 9.56. The molecule has 0 radical (unpaired) electrons. The molecule has 2 aromatic carbocycles. The second kappa shape index (κ2) is 5.41. The zero-order chi connectivity index (χ0) is 14.7. The van der Waals surface area contributed by atoms with Gasteiger partial charge >= 0.3 is 5.97 Å². The molecule has 0 amide bonds. The molecule has 1 N–H and O–H groups in total. The maximum Gasteiger partial charge on any atom is 0.337 e. The average molecular weight is 271 g/mol. The molecular formula is C15H10FNO3. The maximum atomic E-state index is 13.8. The molecule has 0 saturated carbocycles. The Morgan fingerprint density at radius 1 is 1.30 bits per heavy atom. The van der Waals surface area contributed by atoms with Crippen molar-refractivity contribution in [3.63, 3.8) is 0 Å². The number of methoxy groups -OCH3 is 1. The van der Waals surface area contributed by atoms with E-state index in [-0.39, 0.29) is 22.4 Å². The summed E-state index contributed by atoms with van der Waals surface area (Å²) in [5.74, 6) is -1.36. The van der Waals surface area contributed by atoms with Crippen molar-refractivity contribution < 1.29 is 19.0 Å². The van der Waals surface area contributed by atoms with Crippen LogP contribution in [0.5, 0.6) is 5.75 Å². The highest BCUT2D eigenvalue weighted by molar-refractivity contribution is 5.91. The van der Waals surface area contributed by atoms with Gasteiger partial charge in [-0.05, 0) is 35.9 Å². The van der Waals surface area contributed by atoms with Gasteiger partial charge < -0.3 is 9.84 Å². The van der Waals surface area contributed by atoms with Crippen LogP contribution in [-0.2, 0) is 4.74 Å². The molecule has 0 fully saturated rings. The number of aromatic hydroxyl groups is 1. The Kier molecular flexibility index (Phi) is 3.67. The Balaban J connectivity index is 2.55. The van der Waals surface area contributed by atoms with Gasteiger partial charge in [-0.2, -0.15) is 5.26 Å². The van der Waals surface area contributed by atoms with Gasteiger partial charge in [-0.3, -0.25) is 0 Å². The van der Waals surface area contributed by atoms with Crippen LogP contribution in [0.25, 0.3) is 11.1 Å². The van der Waals surface area contributed by atoms with Crippen LogP contribution in [0.2, 0.25) is 0 Å². The van der Waals surface area contributed by atoms with E-state index in [0.717, 1.165) is 6.07 Å². The molecule has 20 heavy (non-hydrogen) atoms. The van der Waals surface area contributed by atoms with Crippen LogP contribution in [0.4, 0.5) is 4.39 Å². The second-order valence-electron chi connectivity index (χ2n) is 4.03. The molecule has 0 aromatic heterocycles. The topological polar surface area (TPSA) is 70.3 Å². The molecule has 5 heteroatoms. The second-order valence-corrected chi connectivity index (χ2v) is 4.03. The number of esters is 1. The van der Waals surface area contributed by atoms with E-state index in [1.807, 2.05) is 6.07 Å². The summed E-state index contributed by atoms with van der Waals surface area (Å²) in [5, 5.41) is 18.4. The molecule has 0 unspecified atom stereocenters. The lowest BCUT2D eigenvalue weighted by atomic mass is 10.0. The number of phenols is 1. The number of hydrogen-bond acceptors (Lipinski definition) is 4. The monoisotopic (exact) mass is 271 g/mol. The molecule has 0 spiro atoms. The van der Waals surface area contributed by atoms with E-state index in [0.29, 0.717) is 5.56 Å². The zero-order valence-electron chi connectivity index (χ0n) is 10.6. The molecular weight excluding hydrogens is 261 g/mol. The van der Waals surface area contributed by atoms with Crippen LogP contribution in [-0.4, -0.2) is 18.2 Å². The van der Waals surface area contributed by atoms with E-state index >= 15 is 0 Å². The lowest BCUT2D eigenvalue weighted by molar-refractivity contribution is 0.0600. The Hall–Kier alpha value is -2.87. The third-order valence-electron chi connectivity index (χ3n) is 2.82. The van der Waals surface area contributed by atoms with Gasteiger partial charge in [0.2, 0.25) is 0 Å². The van der Waals surface area contributed by atoms with Gasteiger partial charge in [0.1, 0.15) is 17.6 Å². The number of nitrogens with zero attached hydrogens (tertiary/aromatic N) is 1. The number of carbonyl (C=O) groups excluding carboxylic acids is 1. The quantitative estimate of drug-likeness (QED) is 0.852. The van der Waals surface area contributed by atoms with Crippen LogP contribution >= 0.6 is 0 Å². The lowest BCUT2D eigenvalue weighted by Crippen LogP contribution is -2.01. The summed E-state index contributed by atoms with van der Waals surface area (Å²) >= 11 is 0. The Morgan fingerprint density at radius 3 is 2.65 bits per heavy atom. The predicted molar refractivity (Wildman–Crippen MR) is 69.6 cm³/mol. The first kappa shape index (κ1) is 13.6. The lowest BCUT2D eigenvalue weighted by Gasteiger charge is -2.07. The largest absolute Gasteiger partial charge is 0.507 e. The van der Waals surface area contributed by atoms with Crippen molar-refractivity contribution in [1.29, 1.82) is 5.26 Å². The summed E-state index contributed by atoms with van der Waals surface area (Å²) < 4.78 is 18.4. The Labute approximate surface area is 114 Å². The normalized spacial score (nSPS) is 9.85. The maximum absolute atomic E-state index is 13.8. The van der Waals surface area contributed by atoms with Gasteiger partial charge in [-0.1, -0.05) is 6.07 Å². The molecule has 4 nitrogen and oxygen atoms in total. The van der Waals surface area contributed by atoms with E-state index < -0.39 is 11.8 Å². The molecule has 0 aliphatic carbocycles. The van der Waals surface area contributed by atoms with E-state index in [9.17, 15) is 14.3 Å². The third kappa shape index (κ3) is 2.45. The molecule has 0 aliphatic rings. The van der Waals surface area contributed by atoms with Gasteiger partial charge in [0.25, 0.3) is 0 Å². The molecule has 0 heterocycles. The smallest absolute Gasteiger partial charge is 0.337 e. The minimum absolute atomic E-state index is 0.0956. The summed E-state index contributed by atoms with van der Waals surface area (Å²) in [6.45, 7) is 0. The molecule has 100 valence electrons. The van der Waals surface area contributed by atoms with Gasteiger partial charge in [-0.25, -0.2) is 9.18 Å². The fourth-order valence-corrected chi connectivity index (χ4v) is 1.79. The fraction of sp³-hybridized carbons (Fsp3) is 0.0667. The van der Waals surface area contributed by atoms with Gasteiger partial charge in [0.15, 0.2) is 0 Å². The van der Waals surface area contributed by atoms with Crippen LogP contribution in [0, 0.1) is 17.1 Å². The summed E-state index contributed by atoms with van der Waals surface area (Å²) in [7, 11) is 1.24. The third-order valence-corrected chi connectivity index (χ3v) is 2.82. The SMILES string of the molecule is COC(=O)c1ccc(F)c(-c2ccc(C#N)c(O)c2)c1. The average Bonchev–Trinajstić information content (AvgIpc) is 2.46. The van der Waals surface area contributed by atoms with Crippen molar-refractivity contribution in [2.45, 2.75) is 0 Å². The molecule has 2 rings (SSSR count). The molecule has 0 aliphatic heterocycles. The molecule has 0 atom stereocenters. The number of carbonyl (C=O) groups is 1. The molecule has 0 bridgehead atoms. The van der Waals surface area contributed by atoms with Crippen molar-refractivity contribution in [2.75, 3.05) is 7.11 Å². The van der Waals surface area contributed by atoms with Crippen molar-refractivity contribution in [1.82, 2.24) is 0 Å². The highest BCUT2D eigenvalue weighted by atomic mass is 19.1. The van der Waals surface area contributed by atoms with E-state index in [1.165, 1.54) is 37.4 Å². The minimum Gasteiger partial charge on any atom is -0.507 e. The van der Waals surface area contributed by atoms with Gasteiger partial charge in [0, 0.05) is 5.56 Å². The number of hydrogen-bond donors (Lipinski definition) is 1.